The van der Waals surface area contributed by atoms with E-state index in [9.17, 15) is 8.78 Å². The number of benzene rings is 1. The lowest BCUT2D eigenvalue weighted by Gasteiger charge is -2.19. The lowest BCUT2D eigenvalue weighted by molar-refractivity contribution is -0.0507. The van der Waals surface area contributed by atoms with Gasteiger partial charge in [0.15, 0.2) is 0 Å². The van der Waals surface area contributed by atoms with Gasteiger partial charge in [-0.2, -0.15) is 8.78 Å². The molecule has 1 aromatic rings. The van der Waals surface area contributed by atoms with Crippen molar-refractivity contribution < 1.29 is 13.5 Å². The minimum absolute atomic E-state index is 0.167. The second-order valence-corrected chi connectivity index (χ2v) is 3.43. The molecule has 1 atom stereocenters. The number of halogens is 2. The van der Waals surface area contributed by atoms with E-state index < -0.39 is 6.61 Å². The first-order chi connectivity index (χ1) is 8.19. The normalized spacial score (nSPS) is 12.2. The molecule has 0 heterocycles. The molecule has 0 saturated heterocycles. The maximum atomic E-state index is 12.3. The third-order valence-corrected chi connectivity index (χ3v) is 2.28. The summed E-state index contributed by atoms with van der Waals surface area (Å²) < 4.78 is 29.0. The van der Waals surface area contributed by atoms with Crippen LogP contribution in [0.3, 0.4) is 0 Å². The van der Waals surface area contributed by atoms with Crippen LogP contribution in [0.15, 0.2) is 24.3 Å². The van der Waals surface area contributed by atoms with Crippen LogP contribution in [0.5, 0.6) is 5.75 Å². The quantitative estimate of drug-likeness (QED) is 0.771. The van der Waals surface area contributed by atoms with Crippen LogP contribution in [0.4, 0.5) is 8.78 Å². The number of terminal acetylenes is 1. The third kappa shape index (κ3) is 4.04. The first kappa shape index (κ1) is 13.5. The van der Waals surface area contributed by atoms with Gasteiger partial charge in [0.1, 0.15) is 5.75 Å². The summed E-state index contributed by atoms with van der Waals surface area (Å²) in [4.78, 5) is 0. The Balaban J connectivity index is 2.96. The van der Waals surface area contributed by atoms with Gasteiger partial charge in [-0.05, 0) is 12.6 Å². The Bertz CT molecular complexity index is 387. The summed E-state index contributed by atoms with van der Waals surface area (Å²) in [6.45, 7) is -0.195. The SMILES string of the molecule is C#CCC(NCC)c1ccccc1OC(F)F. The van der Waals surface area contributed by atoms with Crippen molar-refractivity contribution in [2.24, 2.45) is 0 Å². The molecule has 1 rings (SSSR count). The number of rotatable bonds is 6. The van der Waals surface area contributed by atoms with Crippen LogP contribution < -0.4 is 10.1 Å². The molecule has 92 valence electrons. The molecule has 0 spiro atoms. The van der Waals surface area contributed by atoms with Gasteiger partial charge in [-0.25, -0.2) is 0 Å². The van der Waals surface area contributed by atoms with Gasteiger partial charge in [-0.15, -0.1) is 12.3 Å². The largest absolute Gasteiger partial charge is 0.434 e. The van der Waals surface area contributed by atoms with Crippen LogP contribution in [0.2, 0.25) is 0 Å². The fourth-order valence-electron chi connectivity index (χ4n) is 1.63. The van der Waals surface area contributed by atoms with Gasteiger partial charge in [0.2, 0.25) is 0 Å². The van der Waals surface area contributed by atoms with Crippen molar-refractivity contribution in [3.63, 3.8) is 0 Å². The number of para-hydroxylation sites is 1. The van der Waals surface area contributed by atoms with Crippen molar-refractivity contribution in [2.45, 2.75) is 26.0 Å². The summed E-state index contributed by atoms with van der Waals surface area (Å²) >= 11 is 0. The monoisotopic (exact) mass is 239 g/mol. The van der Waals surface area contributed by atoms with Crippen molar-refractivity contribution in [1.29, 1.82) is 0 Å². The molecular formula is C13H15F2NO. The minimum Gasteiger partial charge on any atom is -0.434 e. The Morgan fingerprint density at radius 2 is 2.12 bits per heavy atom. The lowest BCUT2D eigenvalue weighted by atomic mass is 10.0. The van der Waals surface area contributed by atoms with Crippen LogP contribution in [0, 0.1) is 12.3 Å². The minimum atomic E-state index is -2.83. The summed E-state index contributed by atoms with van der Waals surface area (Å²) in [5, 5.41) is 3.15. The maximum Gasteiger partial charge on any atom is 0.387 e. The zero-order valence-electron chi connectivity index (χ0n) is 9.62. The predicted molar refractivity (Wildman–Crippen MR) is 62.9 cm³/mol. The second-order valence-electron chi connectivity index (χ2n) is 3.43. The van der Waals surface area contributed by atoms with E-state index in [1.165, 1.54) is 6.07 Å². The van der Waals surface area contributed by atoms with Crippen LogP contribution in [0.25, 0.3) is 0 Å². The topological polar surface area (TPSA) is 21.3 Å². The van der Waals surface area contributed by atoms with E-state index in [1.54, 1.807) is 18.2 Å². The highest BCUT2D eigenvalue weighted by atomic mass is 19.3. The van der Waals surface area contributed by atoms with E-state index in [4.69, 9.17) is 6.42 Å². The molecule has 1 N–H and O–H groups in total. The Labute approximate surface area is 100.0 Å². The van der Waals surface area contributed by atoms with Crippen molar-refractivity contribution in [2.75, 3.05) is 6.54 Å². The zero-order chi connectivity index (χ0) is 12.7. The molecule has 0 saturated carbocycles. The molecule has 0 bridgehead atoms. The molecule has 0 radical (unpaired) electrons. The van der Waals surface area contributed by atoms with Gasteiger partial charge < -0.3 is 10.1 Å². The van der Waals surface area contributed by atoms with Gasteiger partial charge in [0.25, 0.3) is 0 Å². The summed E-state index contributed by atoms with van der Waals surface area (Å²) in [6.07, 6.45) is 5.70. The van der Waals surface area contributed by atoms with Crippen LogP contribution in [0.1, 0.15) is 24.9 Å². The fourth-order valence-corrected chi connectivity index (χ4v) is 1.63. The maximum absolute atomic E-state index is 12.3. The van der Waals surface area contributed by atoms with Crippen molar-refractivity contribution in [3.05, 3.63) is 29.8 Å². The van der Waals surface area contributed by atoms with Crippen molar-refractivity contribution in [1.82, 2.24) is 5.32 Å². The highest BCUT2D eigenvalue weighted by Crippen LogP contribution is 2.28. The van der Waals surface area contributed by atoms with E-state index in [0.717, 1.165) is 0 Å². The Morgan fingerprint density at radius 3 is 2.71 bits per heavy atom. The molecule has 0 aliphatic carbocycles. The van der Waals surface area contributed by atoms with E-state index in [-0.39, 0.29) is 11.8 Å². The summed E-state index contributed by atoms with van der Waals surface area (Å²) in [5.74, 6) is 2.70. The van der Waals surface area contributed by atoms with Gasteiger partial charge >= 0.3 is 6.61 Å². The van der Waals surface area contributed by atoms with E-state index in [2.05, 4.69) is 16.0 Å². The van der Waals surface area contributed by atoms with Gasteiger partial charge in [-0.1, -0.05) is 25.1 Å². The van der Waals surface area contributed by atoms with Gasteiger partial charge in [0.05, 0.1) is 0 Å². The number of hydrogen-bond donors (Lipinski definition) is 1. The zero-order valence-corrected chi connectivity index (χ0v) is 9.62. The van der Waals surface area contributed by atoms with Crippen LogP contribution >= 0.6 is 0 Å². The molecule has 0 aliphatic heterocycles. The molecule has 1 aromatic carbocycles. The third-order valence-electron chi connectivity index (χ3n) is 2.28. The molecule has 4 heteroatoms. The fraction of sp³-hybridized carbons (Fsp3) is 0.385. The first-order valence-corrected chi connectivity index (χ1v) is 5.39. The highest BCUT2D eigenvalue weighted by molar-refractivity contribution is 5.36. The number of nitrogens with one attached hydrogen (secondary N) is 1. The summed E-state index contributed by atoms with van der Waals surface area (Å²) in [6, 6.07) is 6.51. The van der Waals surface area contributed by atoms with Gasteiger partial charge in [0, 0.05) is 18.0 Å². The van der Waals surface area contributed by atoms with E-state index in [1.807, 2.05) is 6.92 Å². The average molecular weight is 239 g/mol. The van der Waals surface area contributed by atoms with Crippen LogP contribution in [-0.4, -0.2) is 13.2 Å². The van der Waals surface area contributed by atoms with Crippen molar-refractivity contribution in [3.8, 4) is 18.1 Å². The number of ether oxygens (including phenoxy) is 1. The summed E-state index contributed by atoms with van der Waals surface area (Å²) in [7, 11) is 0. The number of hydrogen-bond acceptors (Lipinski definition) is 2. The predicted octanol–water partition coefficient (Wildman–Crippen LogP) is 2.96. The molecule has 0 fully saturated rings. The Hall–Kier alpha value is -1.60. The molecule has 1 unspecified atom stereocenters. The highest BCUT2D eigenvalue weighted by Gasteiger charge is 2.16. The smallest absolute Gasteiger partial charge is 0.387 e. The average Bonchev–Trinajstić information content (AvgIpc) is 2.29. The second kappa shape index (κ2) is 6.87. The molecule has 0 amide bonds. The van der Waals surface area contributed by atoms with E-state index in [0.29, 0.717) is 18.5 Å². The Morgan fingerprint density at radius 1 is 1.41 bits per heavy atom. The number of alkyl halides is 2. The molecule has 0 aliphatic rings. The van der Waals surface area contributed by atoms with Crippen LogP contribution in [-0.2, 0) is 0 Å². The first-order valence-electron chi connectivity index (χ1n) is 5.39. The summed E-state index contributed by atoms with van der Waals surface area (Å²) in [5.41, 5.74) is 0.660. The Kier molecular flexibility index (Phi) is 5.44. The van der Waals surface area contributed by atoms with Crippen molar-refractivity contribution >= 4 is 0 Å². The lowest BCUT2D eigenvalue weighted by Crippen LogP contribution is -2.21. The molecule has 0 aromatic heterocycles. The molecule has 2 nitrogen and oxygen atoms in total. The molecular weight excluding hydrogens is 224 g/mol. The van der Waals surface area contributed by atoms with E-state index >= 15 is 0 Å². The standard InChI is InChI=1S/C13H15F2NO/c1-3-7-11(16-4-2)10-8-5-6-9-12(10)17-13(14)15/h1,5-6,8-9,11,13,16H,4,7H2,2H3. The molecule has 17 heavy (non-hydrogen) atoms. The van der Waals surface area contributed by atoms with Gasteiger partial charge in [-0.3, -0.25) is 0 Å².